The number of ketones is 1. The van der Waals surface area contributed by atoms with Gasteiger partial charge in [0, 0.05) is 6.42 Å². The zero-order valence-electron chi connectivity index (χ0n) is 9.00. The topological polar surface area (TPSA) is 26.3 Å². The van der Waals surface area contributed by atoms with E-state index < -0.39 is 0 Å². The Bertz CT molecular complexity index is 196. The van der Waals surface area contributed by atoms with Crippen LogP contribution in [0.5, 0.6) is 0 Å². The summed E-state index contributed by atoms with van der Waals surface area (Å²) >= 11 is 0. The van der Waals surface area contributed by atoms with E-state index in [4.69, 9.17) is 4.74 Å². The molecule has 14 heavy (non-hydrogen) atoms. The summed E-state index contributed by atoms with van der Waals surface area (Å²) in [6, 6.07) is 0. The van der Waals surface area contributed by atoms with Crippen molar-refractivity contribution in [3.63, 3.8) is 0 Å². The van der Waals surface area contributed by atoms with E-state index >= 15 is 0 Å². The maximum atomic E-state index is 11.1. The van der Waals surface area contributed by atoms with Gasteiger partial charge in [-0.1, -0.05) is 19.1 Å². The fraction of sp³-hybridized carbons (Fsp3) is 0.750. The summed E-state index contributed by atoms with van der Waals surface area (Å²) in [5.74, 6) is 0.211. The number of allylic oxidation sites excluding steroid dienone is 2. The maximum Gasteiger partial charge on any atom is 0.158 e. The van der Waals surface area contributed by atoms with Gasteiger partial charge in [-0.3, -0.25) is 4.79 Å². The standard InChI is InChI=1S/C12H20O2/c1-2-11(13)10-14-12-8-6-4-3-5-7-9-12/h3-4,12H,2,5-10H2,1H3/b4-3-/t12-/m0/s1. The SMILES string of the molecule is CCC(=O)CO[C@H]1CC/C=C\CCC1. The lowest BCUT2D eigenvalue weighted by molar-refractivity contribution is -0.125. The third-order valence-electron chi connectivity index (χ3n) is 2.59. The molecule has 0 N–H and O–H groups in total. The van der Waals surface area contributed by atoms with Crippen LogP contribution in [0.4, 0.5) is 0 Å². The monoisotopic (exact) mass is 196 g/mol. The molecule has 2 heteroatoms. The molecule has 80 valence electrons. The van der Waals surface area contributed by atoms with Crippen LogP contribution in [0.1, 0.15) is 45.4 Å². The van der Waals surface area contributed by atoms with Crippen LogP contribution >= 0.6 is 0 Å². The number of ether oxygens (including phenoxy) is 1. The first-order valence-corrected chi connectivity index (χ1v) is 5.61. The third kappa shape index (κ3) is 4.56. The van der Waals surface area contributed by atoms with Crippen LogP contribution in [-0.2, 0) is 9.53 Å². The van der Waals surface area contributed by atoms with E-state index in [9.17, 15) is 4.79 Å². The van der Waals surface area contributed by atoms with Gasteiger partial charge in [0.2, 0.25) is 0 Å². The molecule has 1 aliphatic rings. The van der Waals surface area contributed by atoms with Crippen molar-refractivity contribution in [1.82, 2.24) is 0 Å². The van der Waals surface area contributed by atoms with Crippen molar-refractivity contribution in [3.05, 3.63) is 12.2 Å². The molecule has 1 rings (SSSR count). The molecule has 0 spiro atoms. The lowest BCUT2D eigenvalue weighted by atomic mass is 10.0. The highest BCUT2D eigenvalue weighted by molar-refractivity contribution is 5.79. The van der Waals surface area contributed by atoms with Crippen LogP contribution < -0.4 is 0 Å². The molecule has 0 aromatic rings. The van der Waals surface area contributed by atoms with Crippen LogP contribution in [0, 0.1) is 0 Å². The molecule has 2 nitrogen and oxygen atoms in total. The number of hydrogen-bond acceptors (Lipinski definition) is 2. The van der Waals surface area contributed by atoms with Gasteiger partial charge in [0.05, 0.1) is 6.10 Å². The van der Waals surface area contributed by atoms with Crippen molar-refractivity contribution in [3.8, 4) is 0 Å². The zero-order chi connectivity index (χ0) is 10.2. The first-order chi connectivity index (χ1) is 6.83. The van der Waals surface area contributed by atoms with Crippen molar-refractivity contribution in [1.29, 1.82) is 0 Å². The fourth-order valence-electron chi connectivity index (χ4n) is 1.61. The fourth-order valence-corrected chi connectivity index (χ4v) is 1.61. The molecule has 0 saturated carbocycles. The smallest absolute Gasteiger partial charge is 0.158 e. The Hall–Kier alpha value is -0.630. The van der Waals surface area contributed by atoms with Gasteiger partial charge in [-0.15, -0.1) is 0 Å². The van der Waals surface area contributed by atoms with Crippen molar-refractivity contribution < 1.29 is 9.53 Å². The average Bonchev–Trinajstić information content (AvgIpc) is 2.15. The van der Waals surface area contributed by atoms with Gasteiger partial charge < -0.3 is 4.74 Å². The molecule has 0 saturated heterocycles. The largest absolute Gasteiger partial charge is 0.370 e. The maximum absolute atomic E-state index is 11.1. The van der Waals surface area contributed by atoms with E-state index in [0.717, 1.165) is 25.7 Å². The van der Waals surface area contributed by atoms with E-state index in [1.54, 1.807) is 0 Å². The van der Waals surface area contributed by atoms with Crippen LogP contribution in [0.25, 0.3) is 0 Å². The highest BCUT2D eigenvalue weighted by atomic mass is 16.5. The molecule has 0 unspecified atom stereocenters. The van der Waals surface area contributed by atoms with Crippen LogP contribution in [0.2, 0.25) is 0 Å². The summed E-state index contributed by atoms with van der Waals surface area (Å²) in [7, 11) is 0. The lowest BCUT2D eigenvalue weighted by Gasteiger charge is -2.17. The second-order valence-corrected chi connectivity index (χ2v) is 3.80. The number of carbonyl (C=O) groups excluding carboxylic acids is 1. The molecule has 0 radical (unpaired) electrons. The van der Waals surface area contributed by atoms with Crippen LogP contribution in [0.15, 0.2) is 12.2 Å². The van der Waals surface area contributed by atoms with E-state index in [1.165, 1.54) is 6.42 Å². The summed E-state index contributed by atoms with van der Waals surface area (Å²) in [6.45, 7) is 2.19. The van der Waals surface area contributed by atoms with Gasteiger partial charge >= 0.3 is 0 Å². The van der Waals surface area contributed by atoms with Gasteiger partial charge in [-0.25, -0.2) is 0 Å². The van der Waals surface area contributed by atoms with Crippen LogP contribution in [-0.4, -0.2) is 18.5 Å². The van der Waals surface area contributed by atoms with Gasteiger partial charge in [0.1, 0.15) is 6.61 Å². The number of Topliss-reactive ketones (excluding diaryl/α,β-unsaturated/α-hetero) is 1. The summed E-state index contributed by atoms with van der Waals surface area (Å²) in [5.41, 5.74) is 0. The lowest BCUT2D eigenvalue weighted by Crippen LogP contribution is -2.18. The molecule has 0 amide bonds. The molecule has 0 bridgehead atoms. The Kier molecular flexibility index (Phi) is 5.53. The molecule has 1 aliphatic carbocycles. The minimum atomic E-state index is 0.211. The van der Waals surface area contributed by atoms with Crippen LogP contribution in [0.3, 0.4) is 0 Å². The normalized spacial score (nSPS) is 25.1. The van der Waals surface area contributed by atoms with E-state index in [0.29, 0.717) is 19.1 Å². The Morgan fingerprint density at radius 3 is 2.93 bits per heavy atom. The van der Waals surface area contributed by atoms with Crippen molar-refractivity contribution in [2.45, 2.75) is 51.6 Å². The summed E-state index contributed by atoms with van der Waals surface area (Å²) in [5, 5.41) is 0. The van der Waals surface area contributed by atoms with Gasteiger partial charge in [-0.2, -0.15) is 0 Å². The second kappa shape index (κ2) is 6.77. The molecule has 0 heterocycles. The summed E-state index contributed by atoms with van der Waals surface area (Å²) in [4.78, 5) is 11.1. The Labute approximate surface area is 86.3 Å². The zero-order valence-corrected chi connectivity index (χ0v) is 9.00. The Morgan fingerprint density at radius 1 is 1.36 bits per heavy atom. The molecular weight excluding hydrogens is 176 g/mol. The predicted molar refractivity (Wildman–Crippen MR) is 57.3 cm³/mol. The van der Waals surface area contributed by atoms with E-state index in [-0.39, 0.29) is 5.78 Å². The molecule has 0 aromatic carbocycles. The highest BCUT2D eigenvalue weighted by Gasteiger charge is 2.10. The Balaban J connectivity index is 2.21. The van der Waals surface area contributed by atoms with Gasteiger partial charge in [-0.05, 0) is 32.1 Å². The Morgan fingerprint density at radius 2 is 2.14 bits per heavy atom. The number of carbonyl (C=O) groups is 1. The minimum Gasteiger partial charge on any atom is -0.370 e. The molecule has 1 atom stereocenters. The van der Waals surface area contributed by atoms with Crippen molar-refractivity contribution >= 4 is 5.78 Å². The summed E-state index contributed by atoms with van der Waals surface area (Å²) in [6.07, 6.45) is 10.9. The van der Waals surface area contributed by atoms with Gasteiger partial charge in [0.15, 0.2) is 5.78 Å². The van der Waals surface area contributed by atoms with Gasteiger partial charge in [0.25, 0.3) is 0 Å². The number of rotatable bonds is 4. The second-order valence-electron chi connectivity index (χ2n) is 3.80. The predicted octanol–water partition coefficient (Wildman–Crippen LogP) is 2.87. The first kappa shape index (κ1) is 11.4. The third-order valence-corrected chi connectivity index (χ3v) is 2.59. The van der Waals surface area contributed by atoms with E-state index in [2.05, 4.69) is 12.2 Å². The van der Waals surface area contributed by atoms with Crippen molar-refractivity contribution in [2.75, 3.05) is 6.61 Å². The van der Waals surface area contributed by atoms with E-state index in [1.807, 2.05) is 6.92 Å². The molecule has 0 aliphatic heterocycles. The molecular formula is C12H20O2. The van der Waals surface area contributed by atoms with Crippen molar-refractivity contribution in [2.24, 2.45) is 0 Å². The first-order valence-electron chi connectivity index (χ1n) is 5.61. The molecule has 0 aromatic heterocycles. The average molecular weight is 196 g/mol. The quantitative estimate of drug-likeness (QED) is 0.646. The summed E-state index contributed by atoms with van der Waals surface area (Å²) < 4.78 is 5.59. The minimum absolute atomic E-state index is 0.211. The molecule has 0 fully saturated rings. The number of hydrogen-bond donors (Lipinski definition) is 0. The highest BCUT2D eigenvalue weighted by Crippen LogP contribution is 2.15.